The van der Waals surface area contributed by atoms with Gasteiger partial charge in [0.1, 0.15) is 5.75 Å². The van der Waals surface area contributed by atoms with Gasteiger partial charge in [-0.1, -0.05) is 56.3 Å². The number of hydrogen-bond donors (Lipinski definition) is 2. The quantitative estimate of drug-likeness (QED) is 0.363. The lowest BCUT2D eigenvalue weighted by molar-refractivity contribution is 0.213. The predicted molar refractivity (Wildman–Crippen MR) is 116 cm³/mol. The molecule has 0 saturated heterocycles. The lowest BCUT2D eigenvalue weighted by Gasteiger charge is -2.12. The Bertz CT molecular complexity index is 1220. The van der Waals surface area contributed by atoms with Gasteiger partial charge in [0.2, 0.25) is 0 Å². The number of nitrogens with zero attached hydrogens (tertiary/aromatic N) is 2. The molecule has 0 aliphatic carbocycles. The molecule has 0 radical (unpaired) electrons. The van der Waals surface area contributed by atoms with Crippen molar-refractivity contribution in [2.75, 3.05) is 0 Å². The van der Waals surface area contributed by atoms with E-state index in [9.17, 15) is 13.2 Å². The summed E-state index contributed by atoms with van der Waals surface area (Å²) in [5.41, 5.74) is 13.7. The third-order valence-corrected chi connectivity index (χ3v) is 5.47. The Morgan fingerprint density at radius 1 is 1.10 bits per heavy atom. The number of aromatic nitrogens is 1. The second-order valence-electron chi connectivity index (χ2n) is 7.05. The normalized spacial score (nSPS) is 11.4. The van der Waals surface area contributed by atoms with Crippen molar-refractivity contribution >= 4 is 33.1 Å². The summed E-state index contributed by atoms with van der Waals surface area (Å²) in [6.07, 6.45) is -1.40. The molecule has 2 aromatic carbocycles. The fourth-order valence-corrected chi connectivity index (χ4v) is 3.91. The first-order valence-electron chi connectivity index (χ1n) is 9.19. The summed E-state index contributed by atoms with van der Waals surface area (Å²) >= 11 is 0. The molecule has 1 amide bonds. The zero-order valence-corrected chi connectivity index (χ0v) is 17.4. The van der Waals surface area contributed by atoms with E-state index in [1.165, 1.54) is 0 Å². The molecule has 9 heteroatoms. The number of carbonyl (C=O) groups excluding carboxylic acids is 1. The molecule has 0 unspecified atom stereocenters. The van der Waals surface area contributed by atoms with Crippen LogP contribution in [-0.4, -0.2) is 25.5 Å². The number of guanidine groups is 1. The van der Waals surface area contributed by atoms with Crippen LogP contribution in [0.25, 0.3) is 22.2 Å². The van der Waals surface area contributed by atoms with Crippen LogP contribution in [0.15, 0.2) is 59.6 Å². The number of aliphatic imine (C=N–C) groups is 1. The second kappa shape index (κ2) is 8.50. The maximum atomic E-state index is 12.4. The third kappa shape index (κ3) is 5.12. The van der Waals surface area contributed by atoms with E-state index in [1.807, 2.05) is 48.5 Å². The van der Waals surface area contributed by atoms with Gasteiger partial charge in [-0.05, 0) is 29.2 Å². The van der Waals surface area contributed by atoms with Crippen molar-refractivity contribution in [1.82, 2.24) is 4.98 Å². The summed E-state index contributed by atoms with van der Waals surface area (Å²) < 4.78 is 29.3. The van der Waals surface area contributed by atoms with Gasteiger partial charge in [-0.25, -0.2) is 9.78 Å². The number of para-hydroxylation sites is 1. The Labute approximate surface area is 174 Å². The molecular formula is C21H22N4O4S. The average molecular weight is 426 g/mol. The Kier molecular flexibility index (Phi) is 6.02. The van der Waals surface area contributed by atoms with E-state index in [0.29, 0.717) is 17.2 Å². The molecule has 1 heterocycles. The van der Waals surface area contributed by atoms with Crippen molar-refractivity contribution in [3.63, 3.8) is 0 Å². The van der Waals surface area contributed by atoms with Crippen molar-refractivity contribution in [3.05, 3.63) is 65.7 Å². The van der Waals surface area contributed by atoms with Crippen molar-refractivity contribution in [2.45, 2.75) is 25.5 Å². The molecule has 156 valence electrons. The monoisotopic (exact) mass is 426 g/mol. The fraction of sp³-hybridized carbons (Fsp3) is 0.190. The maximum absolute atomic E-state index is 12.4. The van der Waals surface area contributed by atoms with Gasteiger partial charge in [0, 0.05) is 10.9 Å². The highest BCUT2D eigenvalue weighted by atomic mass is 32.2. The van der Waals surface area contributed by atoms with E-state index in [4.69, 9.17) is 11.5 Å². The Balaban J connectivity index is 2.05. The first kappa shape index (κ1) is 21.3. The van der Waals surface area contributed by atoms with Gasteiger partial charge in [-0.15, -0.1) is 4.99 Å². The SMILES string of the molecule is CC(C)c1ccc(-c2nc3ccccc3cc2CS(=O)(=O)OC(=O)N=C(N)N)cc1. The van der Waals surface area contributed by atoms with Crippen LogP contribution in [0.2, 0.25) is 0 Å². The molecule has 3 aromatic rings. The first-order valence-corrected chi connectivity index (χ1v) is 10.8. The summed E-state index contributed by atoms with van der Waals surface area (Å²) in [7, 11) is -4.31. The van der Waals surface area contributed by atoms with Crippen LogP contribution in [0.4, 0.5) is 4.79 Å². The summed E-state index contributed by atoms with van der Waals surface area (Å²) in [4.78, 5) is 19.3. The molecule has 3 rings (SSSR count). The number of hydrogen-bond acceptors (Lipinski definition) is 5. The molecule has 0 bridgehead atoms. The summed E-state index contributed by atoms with van der Waals surface area (Å²) in [6.45, 7) is 4.18. The molecule has 4 N–H and O–H groups in total. The minimum absolute atomic E-state index is 0.360. The molecule has 0 atom stereocenters. The molecule has 0 saturated carbocycles. The largest absolute Gasteiger partial charge is 0.452 e. The van der Waals surface area contributed by atoms with Crippen LogP contribution in [0.1, 0.15) is 30.9 Å². The van der Waals surface area contributed by atoms with E-state index < -0.39 is 27.9 Å². The van der Waals surface area contributed by atoms with Gasteiger partial charge in [0.05, 0.1) is 11.2 Å². The van der Waals surface area contributed by atoms with E-state index in [0.717, 1.165) is 22.0 Å². The number of pyridine rings is 1. The predicted octanol–water partition coefficient (Wildman–Crippen LogP) is 3.27. The zero-order valence-electron chi connectivity index (χ0n) is 16.6. The van der Waals surface area contributed by atoms with E-state index in [-0.39, 0.29) is 0 Å². The number of benzene rings is 2. The first-order chi connectivity index (χ1) is 14.1. The molecule has 0 spiro atoms. The number of rotatable bonds is 5. The van der Waals surface area contributed by atoms with E-state index in [2.05, 4.69) is 28.0 Å². The number of fused-ring (bicyclic) bond motifs is 1. The summed E-state index contributed by atoms with van der Waals surface area (Å²) in [5, 5.41) is 0.765. The molecule has 8 nitrogen and oxygen atoms in total. The van der Waals surface area contributed by atoms with Gasteiger partial charge in [0.15, 0.2) is 5.96 Å². The summed E-state index contributed by atoms with van der Waals surface area (Å²) in [6, 6.07) is 16.8. The minimum atomic E-state index is -4.31. The van der Waals surface area contributed by atoms with Crippen LogP contribution < -0.4 is 11.5 Å². The highest BCUT2D eigenvalue weighted by molar-refractivity contribution is 7.86. The van der Waals surface area contributed by atoms with E-state index in [1.54, 1.807) is 6.07 Å². The lowest BCUT2D eigenvalue weighted by Crippen LogP contribution is -2.25. The summed E-state index contributed by atoms with van der Waals surface area (Å²) in [5.74, 6) is -0.801. The molecule has 30 heavy (non-hydrogen) atoms. The van der Waals surface area contributed by atoms with Crippen molar-refractivity contribution in [2.24, 2.45) is 16.5 Å². The smallest absolute Gasteiger partial charge is 0.370 e. The third-order valence-electron chi connectivity index (χ3n) is 4.40. The van der Waals surface area contributed by atoms with Crippen LogP contribution in [0.5, 0.6) is 0 Å². The Hall–Kier alpha value is -3.46. The molecule has 1 aromatic heterocycles. The number of carbonyl (C=O) groups is 1. The average Bonchev–Trinajstić information content (AvgIpc) is 2.66. The Morgan fingerprint density at radius 2 is 1.77 bits per heavy atom. The van der Waals surface area contributed by atoms with Gasteiger partial charge >= 0.3 is 16.2 Å². The fourth-order valence-electron chi connectivity index (χ4n) is 3.00. The molecule has 0 aliphatic heterocycles. The standard InChI is InChI=1S/C21H22N4O4S/c1-13(2)14-7-9-15(10-8-14)19-17(11-16-5-3-4-6-18(16)24-19)12-30(27,28)29-21(26)25-20(22)23/h3-11,13H,12H2,1-2H3,(H4,22,23,25,26). The second-order valence-corrected chi connectivity index (χ2v) is 8.62. The molecule has 0 fully saturated rings. The Morgan fingerprint density at radius 3 is 2.40 bits per heavy atom. The van der Waals surface area contributed by atoms with Gasteiger partial charge in [0.25, 0.3) is 0 Å². The number of amides is 1. The van der Waals surface area contributed by atoms with Crippen LogP contribution in [0, 0.1) is 0 Å². The van der Waals surface area contributed by atoms with E-state index >= 15 is 0 Å². The van der Waals surface area contributed by atoms with Gasteiger partial charge in [-0.2, -0.15) is 8.42 Å². The minimum Gasteiger partial charge on any atom is -0.370 e. The van der Waals surface area contributed by atoms with Crippen molar-refractivity contribution in [3.8, 4) is 11.3 Å². The van der Waals surface area contributed by atoms with Gasteiger partial charge in [-0.3, -0.25) is 0 Å². The van der Waals surface area contributed by atoms with Crippen molar-refractivity contribution in [1.29, 1.82) is 0 Å². The maximum Gasteiger partial charge on any atom is 0.452 e. The van der Waals surface area contributed by atoms with Crippen LogP contribution >= 0.6 is 0 Å². The van der Waals surface area contributed by atoms with Crippen LogP contribution in [-0.2, 0) is 20.1 Å². The zero-order chi connectivity index (χ0) is 21.9. The topological polar surface area (TPSA) is 138 Å². The van der Waals surface area contributed by atoms with Crippen molar-refractivity contribution < 1.29 is 17.4 Å². The van der Waals surface area contributed by atoms with Gasteiger partial charge < -0.3 is 15.7 Å². The van der Waals surface area contributed by atoms with Crippen LogP contribution in [0.3, 0.4) is 0 Å². The molecular weight excluding hydrogens is 404 g/mol. The lowest BCUT2D eigenvalue weighted by atomic mass is 9.99. The molecule has 0 aliphatic rings. The highest BCUT2D eigenvalue weighted by Gasteiger charge is 2.22. The number of nitrogens with two attached hydrogens (primary N) is 2. The highest BCUT2D eigenvalue weighted by Crippen LogP contribution is 2.29.